The zero-order valence-corrected chi connectivity index (χ0v) is 30.3. The van der Waals surface area contributed by atoms with Crippen LogP contribution in [0.25, 0.3) is 101 Å². The minimum absolute atomic E-state index is 0.515. The Kier molecular flexibility index (Phi) is 8.43. The van der Waals surface area contributed by atoms with E-state index >= 15 is 0 Å². The van der Waals surface area contributed by atoms with Crippen LogP contribution in [0.2, 0.25) is 0 Å². The summed E-state index contributed by atoms with van der Waals surface area (Å²) in [6.45, 7) is 0. The van der Waals surface area contributed by atoms with Crippen LogP contribution in [-0.4, -0.2) is 24.9 Å². The summed E-state index contributed by atoms with van der Waals surface area (Å²) in [6.07, 6.45) is 0. The van der Waals surface area contributed by atoms with Crippen LogP contribution in [0.5, 0.6) is 0 Å². The first-order chi connectivity index (χ1) is 27.7. The van der Waals surface area contributed by atoms with Crippen molar-refractivity contribution in [3.05, 3.63) is 200 Å². The molecule has 5 heteroatoms. The predicted molar refractivity (Wildman–Crippen MR) is 228 cm³/mol. The molecule has 0 aliphatic heterocycles. The van der Waals surface area contributed by atoms with Crippen molar-refractivity contribution in [2.75, 3.05) is 0 Å². The number of benzene rings is 7. The highest BCUT2D eigenvalue weighted by Crippen LogP contribution is 2.38. The van der Waals surface area contributed by atoms with Crippen LogP contribution in [0.1, 0.15) is 0 Å². The topological polar surface area (TPSA) is 64.5 Å². The van der Waals surface area contributed by atoms with E-state index in [1.165, 1.54) is 10.8 Å². The fourth-order valence-corrected chi connectivity index (χ4v) is 7.36. The van der Waals surface area contributed by atoms with Gasteiger partial charge in [0.1, 0.15) is 11.4 Å². The van der Waals surface area contributed by atoms with Gasteiger partial charge in [-0.1, -0.05) is 170 Å². The Morgan fingerprint density at radius 2 is 0.589 bits per heavy atom. The summed E-state index contributed by atoms with van der Waals surface area (Å²) in [6, 6.07) is 68.6. The van der Waals surface area contributed by atoms with Gasteiger partial charge in [0.05, 0.1) is 22.8 Å². The molecule has 0 fully saturated rings. The fraction of sp³-hybridized carbons (Fsp3) is 0. The number of hydrogen-bond acceptors (Lipinski definition) is 5. The molecule has 0 bridgehead atoms. The molecule has 0 saturated carbocycles. The maximum atomic E-state index is 5.33. The van der Waals surface area contributed by atoms with Crippen molar-refractivity contribution in [2.24, 2.45) is 0 Å². The molecule has 56 heavy (non-hydrogen) atoms. The Morgan fingerprint density at radius 3 is 1.02 bits per heavy atom. The third-order valence-electron chi connectivity index (χ3n) is 10.1. The van der Waals surface area contributed by atoms with Gasteiger partial charge >= 0.3 is 0 Å². The van der Waals surface area contributed by atoms with Gasteiger partial charge in [0.2, 0.25) is 0 Å². The molecule has 262 valence electrons. The van der Waals surface area contributed by atoms with Gasteiger partial charge in [-0.3, -0.25) is 0 Å². The monoisotopic (exact) mass is 715 g/mol. The van der Waals surface area contributed by atoms with Gasteiger partial charge in [0.25, 0.3) is 0 Å². The van der Waals surface area contributed by atoms with Gasteiger partial charge in [-0.2, -0.15) is 0 Å². The molecule has 0 aliphatic carbocycles. The molecule has 0 unspecified atom stereocenters. The van der Waals surface area contributed by atoms with E-state index in [1.807, 2.05) is 84.9 Å². The van der Waals surface area contributed by atoms with E-state index in [9.17, 15) is 0 Å². The van der Waals surface area contributed by atoms with Gasteiger partial charge in [0, 0.05) is 22.3 Å². The van der Waals surface area contributed by atoms with Crippen molar-refractivity contribution in [1.29, 1.82) is 0 Å². The van der Waals surface area contributed by atoms with Crippen LogP contribution in [0.15, 0.2) is 200 Å². The lowest BCUT2D eigenvalue weighted by molar-refractivity contribution is 1.12. The highest BCUT2D eigenvalue weighted by atomic mass is 15.0. The van der Waals surface area contributed by atoms with Gasteiger partial charge in [-0.15, -0.1) is 0 Å². The normalized spacial score (nSPS) is 11.2. The first kappa shape index (κ1) is 33.0. The Morgan fingerprint density at radius 1 is 0.232 bits per heavy atom. The van der Waals surface area contributed by atoms with Crippen molar-refractivity contribution in [1.82, 2.24) is 24.9 Å². The van der Waals surface area contributed by atoms with Crippen LogP contribution in [0.4, 0.5) is 0 Å². The Hall–Kier alpha value is -7.63. The van der Waals surface area contributed by atoms with E-state index in [2.05, 4.69) is 115 Å². The molecule has 7 aromatic carbocycles. The van der Waals surface area contributed by atoms with Crippen LogP contribution in [-0.2, 0) is 0 Å². The Labute approximate surface area is 324 Å². The molecule has 10 rings (SSSR count). The number of pyridine rings is 1. The zero-order valence-electron chi connectivity index (χ0n) is 30.3. The maximum absolute atomic E-state index is 5.33. The first-order valence-corrected chi connectivity index (χ1v) is 18.7. The average Bonchev–Trinajstić information content (AvgIpc) is 3.29. The van der Waals surface area contributed by atoms with E-state index in [4.69, 9.17) is 24.9 Å². The smallest absolute Gasteiger partial charge is 0.179 e. The number of nitrogens with zero attached hydrogens (tertiary/aromatic N) is 5. The highest BCUT2D eigenvalue weighted by molar-refractivity contribution is 6.14. The number of rotatable bonds is 7. The van der Waals surface area contributed by atoms with Crippen molar-refractivity contribution in [3.8, 4) is 79.2 Å². The lowest BCUT2D eigenvalue weighted by atomic mass is 9.93. The van der Waals surface area contributed by atoms with Crippen molar-refractivity contribution in [2.45, 2.75) is 0 Å². The molecule has 0 N–H and O–H groups in total. The standard InChI is InChI=1S/C51H33N5/c1-5-17-34(18-6-1)44-32-45(35-19-7-2-8-20-35)54-50(53-44)48-30-39(43-29-38-25-13-14-26-40(38)41-27-15-16-28-42(41)43)31-49(52-48)51-55-46(36-21-9-3-10-22-36)33-47(56-51)37-23-11-4-12-24-37/h1-33H. The van der Waals surface area contributed by atoms with Crippen molar-refractivity contribution in [3.63, 3.8) is 0 Å². The first-order valence-electron chi connectivity index (χ1n) is 18.7. The second-order valence-electron chi connectivity index (χ2n) is 13.7. The van der Waals surface area contributed by atoms with Gasteiger partial charge < -0.3 is 0 Å². The van der Waals surface area contributed by atoms with E-state index in [1.54, 1.807) is 0 Å². The fourth-order valence-electron chi connectivity index (χ4n) is 7.36. The van der Waals surface area contributed by atoms with Crippen molar-refractivity contribution < 1.29 is 0 Å². The lowest BCUT2D eigenvalue weighted by Crippen LogP contribution is -2.01. The molecule has 0 amide bonds. The highest BCUT2D eigenvalue weighted by Gasteiger charge is 2.19. The third-order valence-corrected chi connectivity index (χ3v) is 10.1. The molecule has 5 nitrogen and oxygen atoms in total. The van der Waals surface area contributed by atoms with Crippen LogP contribution in [0, 0.1) is 0 Å². The molecule has 0 atom stereocenters. The second kappa shape index (κ2) is 14.3. The van der Waals surface area contributed by atoms with E-state index in [0.29, 0.717) is 23.0 Å². The van der Waals surface area contributed by atoms with E-state index in [-0.39, 0.29) is 0 Å². The summed E-state index contributed by atoms with van der Waals surface area (Å²) in [5.74, 6) is 1.03. The summed E-state index contributed by atoms with van der Waals surface area (Å²) in [5.41, 5.74) is 10.5. The van der Waals surface area contributed by atoms with Crippen LogP contribution in [0.3, 0.4) is 0 Å². The molecular weight excluding hydrogens is 683 g/mol. The molecule has 0 aliphatic rings. The number of fused-ring (bicyclic) bond motifs is 3. The second-order valence-corrected chi connectivity index (χ2v) is 13.7. The van der Waals surface area contributed by atoms with E-state index < -0.39 is 0 Å². The van der Waals surface area contributed by atoms with Gasteiger partial charge in [-0.25, -0.2) is 24.9 Å². The lowest BCUT2D eigenvalue weighted by Gasteiger charge is -2.15. The predicted octanol–water partition coefficient (Wildman–Crippen LogP) is 12.6. The third kappa shape index (κ3) is 6.37. The maximum Gasteiger partial charge on any atom is 0.179 e. The van der Waals surface area contributed by atoms with Crippen LogP contribution < -0.4 is 0 Å². The SMILES string of the molecule is c1ccc(-c2cc(-c3ccccc3)nc(-c3cc(-c4cc5ccccc5c5ccccc45)cc(-c4nc(-c5ccccc5)cc(-c5ccccc5)n4)n3)n2)cc1. The van der Waals surface area contributed by atoms with Crippen LogP contribution >= 0.6 is 0 Å². The summed E-state index contributed by atoms with van der Waals surface area (Å²) >= 11 is 0. The van der Waals surface area contributed by atoms with E-state index in [0.717, 1.165) is 66.9 Å². The van der Waals surface area contributed by atoms with Crippen molar-refractivity contribution >= 4 is 21.5 Å². The van der Waals surface area contributed by atoms with Gasteiger partial charge in [0.15, 0.2) is 11.6 Å². The molecular formula is C51H33N5. The quantitative estimate of drug-likeness (QED) is 0.154. The molecule has 10 aromatic rings. The number of aromatic nitrogens is 5. The minimum Gasteiger partial charge on any atom is -0.241 e. The zero-order chi connectivity index (χ0) is 37.3. The molecule has 0 radical (unpaired) electrons. The summed E-state index contributed by atoms with van der Waals surface area (Å²) in [7, 11) is 0. The summed E-state index contributed by atoms with van der Waals surface area (Å²) in [4.78, 5) is 26.1. The molecule has 3 aromatic heterocycles. The number of hydrogen-bond donors (Lipinski definition) is 0. The molecule has 0 saturated heterocycles. The molecule has 0 spiro atoms. The van der Waals surface area contributed by atoms with Gasteiger partial charge in [-0.05, 0) is 63.0 Å². The minimum atomic E-state index is 0.515. The Balaban J connectivity index is 1.26. The average molecular weight is 716 g/mol. The molecule has 3 heterocycles. The summed E-state index contributed by atoms with van der Waals surface area (Å²) in [5, 5.41) is 4.69. The largest absolute Gasteiger partial charge is 0.241 e. The summed E-state index contributed by atoms with van der Waals surface area (Å²) < 4.78 is 0. The Bertz CT molecular complexity index is 2740.